The Bertz CT molecular complexity index is 572. The van der Waals surface area contributed by atoms with Gasteiger partial charge in [0.15, 0.2) is 11.5 Å². The lowest BCUT2D eigenvalue weighted by atomic mass is 10.2. The van der Waals surface area contributed by atoms with Gasteiger partial charge in [0.25, 0.3) is 5.24 Å². The largest absolute Gasteiger partial charge is 0.424 e. The van der Waals surface area contributed by atoms with Gasteiger partial charge in [-0.05, 0) is 79.4 Å². The first kappa shape index (κ1) is 18.4. The van der Waals surface area contributed by atoms with Gasteiger partial charge in [-0.2, -0.15) is 0 Å². The molecule has 1 aromatic rings. The van der Waals surface area contributed by atoms with Crippen LogP contribution in [0, 0.1) is 10.7 Å². The summed E-state index contributed by atoms with van der Waals surface area (Å²) in [6, 6.07) is 0. The molecule has 0 spiro atoms. The van der Waals surface area contributed by atoms with Gasteiger partial charge in [0, 0.05) is 13.8 Å². The molecule has 9 heteroatoms. The maximum absolute atomic E-state index is 11.5. The van der Waals surface area contributed by atoms with Crippen LogP contribution in [0.2, 0.25) is 0 Å². The summed E-state index contributed by atoms with van der Waals surface area (Å²) in [5, 5.41) is -0.725. The molecule has 0 saturated heterocycles. The maximum atomic E-state index is 11.5. The van der Waals surface area contributed by atoms with Crippen molar-refractivity contribution in [2.24, 2.45) is 0 Å². The number of rotatable bonds is 3. The van der Waals surface area contributed by atoms with E-state index in [9.17, 15) is 14.4 Å². The summed E-state index contributed by atoms with van der Waals surface area (Å²) >= 11 is 11.1. The van der Waals surface area contributed by atoms with Gasteiger partial charge < -0.3 is 9.47 Å². The second-order valence-corrected chi connectivity index (χ2v) is 7.02. The summed E-state index contributed by atoms with van der Waals surface area (Å²) in [4.78, 5) is 33.9. The third-order valence-corrected chi connectivity index (χ3v) is 5.15. The summed E-state index contributed by atoms with van der Waals surface area (Å²) < 4.78 is 11.4. The zero-order chi connectivity index (χ0) is 15.6. The number of carbonyl (C=O) groups is 3. The smallest absolute Gasteiger partial charge is 0.308 e. The van der Waals surface area contributed by atoms with Gasteiger partial charge >= 0.3 is 11.9 Å². The lowest BCUT2D eigenvalue weighted by Gasteiger charge is -2.16. The van der Waals surface area contributed by atoms with Gasteiger partial charge in [-0.15, -0.1) is 0 Å². The molecule has 0 atom stereocenters. The van der Waals surface area contributed by atoms with E-state index >= 15 is 0 Å². The third kappa shape index (κ3) is 4.16. The van der Waals surface area contributed by atoms with E-state index in [0.29, 0.717) is 10.7 Å². The van der Waals surface area contributed by atoms with Crippen LogP contribution in [-0.2, 0) is 9.59 Å². The fraction of sp³-hybridized carbons (Fsp3) is 0.182. The molecule has 5 nitrogen and oxygen atoms in total. The molecule has 1 aromatic carbocycles. The zero-order valence-electron chi connectivity index (χ0n) is 10.1. The van der Waals surface area contributed by atoms with Crippen molar-refractivity contribution in [1.82, 2.24) is 0 Å². The Kier molecular flexibility index (Phi) is 6.92. The summed E-state index contributed by atoms with van der Waals surface area (Å²) in [7, 11) is 0. The molecule has 0 amide bonds. The average molecular weight is 634 g/mol. The molecule has 0 aliphatic rings. The SMILES string of the molecule is CC(=O)Oc1c(I)c(OC(C)=O)c(I)c(C(=O)Cl)c1I. The van der Waals surface area contributed by atoms with E-state index in [1.807, 2.05) is 67.8 Å². The Labute approximate surface area is 160 Å². The lowest BCUT2D eigenvalue weighted by molar-refractivity contribution is -0.132. The summed E-state index contributed by atoms with van der Waals surface area (Å²) in [6.07, 6.45) is 0. The van der Waals surface area contributed by atoms with Crippen molar-refractivity contribution in [1.29, 1.82) is 0 Å². The van der Waals surface area contributed by atoms with E-state index in [-0.39, 0.29) is 17.1 Å². The highest BCUT2D eigenvalue weighted by Crippen LogP contribution is 2.42. The predicted octanol–water partition coefficient (Wildman–Crippen LogP) is 3.73. The van der Waals surface area contributed by atoms with Crippen LogP contribution in [0.15, 0.2) is 0 Å². The Morgan fingerprint density at radius 2 is 1.20 bits per heavy atom. The van der Waals surface area contributed by atoms with Crippen LogP contribution in [0.5, 0.6) is 11.5 Å². The van der Waals surface area contributed by atoms with E-state index in [2.05, 4.69) is 0 Å². The van der Waals surface area contributed by atoms with Crippen molar-refractivity contribution in [3.63, 3.8) is 0 Å². The van der Waals surface area contributed by atoms with Crippen LogP contribution >= 0.6 is 79.4 Å². The Balaban J connectivity index is 3.68. The third-order valence-electron chi connectivity index (χ3n) is 1.92. The van der Waals surface area contributed by atoms with Crippen molar-refractivity contribution in [3.05, 3.63) is 16.3 Å². The van der Waals surface area contributed by atoms with Gasteiger partial charge in [0.2, 0.25) is 0 Å². The van der Waals surface area contributed by atoms with Crippen molar-refractivity contribution < 1.29 is 23.9 Å². The number of carbonyl (C=O) groups excluding carboxylic acids is 3. The quantitative estimate of drug-likeness (QED) is 0.220. The topological polar surface area (TPSA) is 69.7 Å². The molecule has 0 N–H and O–H groups in total. The monoisotopic (exact) mass is 634 g/mol. The molecular formula is C11H6ClI3O5. The molecule has 0 aliphatic heterocycles. The highest BCUT2D eigenvalue weighted by molar-refractivity contribution is 14.1. The Morgan fingerprint density at radius 1 is 0.850 bits per heavy atom. The van der Waals surface area contributed by atoms with Crippen LogP contribution in [0.4, 0.5) is 0 Å². The van der Waals surface area contributed by atoms with Crippen LogP contribution in [0.25, 0.3) is 0 Å². The first-order chi connectivity index (χ1) is 9.16. The molecule has 108 valence electrons. The molecule has 0 aromatic heterocycles. The normalized spacial score (nSPS) is 10.1. The molecule has 0 fully saturated rings. The van der Waals surface area contributed by atoms with Crippen LogP contribution in [0.3, 0.4) is 0 Å². The van der Waals surface area contributed by atoms with Crippen LogP contribution in [0.1, 0.15) is 24.2 Å². The minimum Gasteiger partial charge on any atom is -0.424 e. The van der Waals surface area contributed by atoms with Crippen molar-refractivity contribution >= 4 is 96.6 Å². The fourth-order valence-electron chi connectivity index (χ4n) is 1.26. The number of ether oxygens (including phenoxy) is 2. The van der Waals surface area contributed by atoms with Gasteiger partial charge in [0.05, 0.1) is 12.7 Å². The highest BCUT2D eigenvalue weighted by Gasteiger charge is 2.27. The summed E-state index contributed by atoms with van der Waals surface area (Å²) in [5.74, 6) is -0.800. The maximum Gasteiger partial charge on any atom is 0.308 e. The van der Waals surface area contributed by atoms with Gasteiger partial charge in [-0.3, -0.25) is 14.4 Å². The van der Waals surface area contributed by atoms with E-state index in [0.717, 1.165) is 0 Å². The van der Waals surface area contributed by atoms with Crippen molar-refractivity contribution in [2.45, 2.75) is 13.8 Å². The number of hydrogen-bond donors (Lipinski definition) is 0. The minimum atomic E-state index is -0.725. The number of benzene rings is 1. The van der Waals surface area contributed by atoms with E-state index in [1.165, 1.54) is 13.8 Å². The molecule has 0 bridgehead atoms. The van der Waals surface area contributed by atoms with E-state index < -0.39 is 17.2 Å². The molecule has 1 rings (SSSR count). The minimum absolute atomic E-state index is 0.140. The zero-order valence-corrected chi connectivity index (χ0v) is 17.3. The van der Waals surface area contributed by atoms with Crippen LogP contribution < -0.4 is 9.47 Å². The average Bonchev–Trinajstić information content (AvgIpc) is 2.29. The second kappa shape index (κ2) is 7.54. The first-order valence-corrected chi connectivity index (χ1v) is 8.55. The van der Waals surface area contributed by atoms with E-state index in [1.54, 1.807) is 0 Å². The second-order valence-electron chi connectivity index (χ2n) is 3.44. The molecular weight excluding hydrogens is 628 g/mol. The van der Waals surface area contributed by atoms with Gasteiger partial charge in [-0.25, -0.2) is 0 Å². The molecule has 20 heavy (non-hydrogen) atoms. The van der Waals surface area contributed by atoms with Gasteiger partial charge in [-0.1, -0.05) is 0 Å². The standard InChI is InChI=1S/C11H6ClI3O5/c1-3(16)19-9-6(13)5(11(12)18)7(14)10(8(9)15)20-4(2)17/h1-2H3. The Morgan fingerprint density at radius 3 is 1.45 bits per heavy atom. The van der Waals surface area contributed by atoms with Gasteiger partial charge in [0.1, 0.15) is 3.57 Å². The first-order valence-electron chi connectivity index (χ1n) is 4.93. The molecule has 0 saturated carbocycles. The summed E-state index contributed by atoms with van der Waals surface area (Å²) in [6.45, 7) is 2.47. The lowest BCUT2D eigenvalue weighted by Crippen LogP contribution is -2.13. The van der Waals surface area contributed by atoms with Crippen molar-refractivity contribution in [2.75, 3.05) is 0 Å². The Hall–Kier alpha value is 0.310. The number of esters is 2. The van der Waals surface area contributed by atoms with E-state index in [4.69, 9.17) is 21.1 Å². The number of halogens is 4. The molecule has 0 heterocycles. The fourth-order valence-corrected chi connectivity index (χ4v) is 5.86. The summed E-state index contributed by atoms with van der Waals surface area (Å²) in [5.41, 5.74) is 0.140. The molecule has 0 aliphatic carbocycles. The van der Waals surface area contributed by atoms with Crippen molar-refractivity contribution in [3.8, 4) is 11.5 Å². The molecule has 0 radical (unpaired) electrons. The van der Waals surface area contributed by atoms with Crippen LogP contribution in [-0.4, -0.2) is 17.2 Å². The predicted molar refractivity (Wildman–Crippen MR) is 97.4 cm³/mol. The highest BCUT2D eigenvalue weighted by atomic mass is 127. The molecule has 0 unspecified atom stereocenters. The number of hydrogen-bond acceptors (Lipinski definition) is 5.